The van der Waals surface area contributed by atoms with Crippen molar-refractivity contribution in [3.05, 3.63) is 24.3 Å². The maximum atomic E-state index is 12.9. The number of carbonyl (C=O) groups is 4. The third-order valence-electron chi connectivity index (χ3n) is 4.99. The zero-order chi connectivity index (χ0) is 25.0. The van der Waals surface area contributed by atoms with Gasteiger partial charge in [0.2, 0.25) is 11.8 Å². The second-order valence-corrected chi connectivity index (χ2v) is 8.60. The molecule has 11 heteroatoms. The first kappa shape index (κ1) is 28.2. The fraction of sp³-hybridized carbons (Fsp3) is 0.545. The average molecular weight is 484 g/mol. The Morgan fingerprint density at radius 3 is 2.33 bits per heavy atom. The van der Waals surface area contributed by atoms with E-state index < -0.39 is 29.7 Å². The predicted octanol–water partition coefficient (Wildman–Crippen LogP) is 2.49. The smallest absolute Gasteiger partial charge is 0.415 e. The standard InChI is InChI=1S/C22H33N3O7S/c1-5-7-15(14-33-17-11-9-16(26)10-12-17)19(21(29)25(3)31)20(28)23-13-6-8-18(27)24(2)22(30)32-4/h9-12,15,19,26,31H,5-8,13-14H2,1-4H3,(H,23,28)/t15-,19-/m0/s1. The van der Waals surface area contributed by atoms with Crippen LogP contribution in [0.3, 0.4) is 0 Å². The number of imide groups is 1. The van der Waals surface area contributed by atoms with Crippen molar-refractivity contribution in [1.82, 2.24) is 15.3 Å². The molecule has 33 heavy (non-hydrogen) atoms. The van der Waals surface area contributed by atoms with E-state index in [2.05, 4.69) is 10.1 Å². The van der Waals surface area contributed by atoms with Crippen molar-refractivity contribution in [2.75, 3.05) is 33.5 Å². The van der Waals surface area contributed by atoms with Gasteiger partial charge in [0.05, 0.1) is 7.11 Å². The van der Waals surface area contributed by atoms with Gasteiger partial charge in [0.1, 0.15) is 11.7 Å². The molecular weight excluding hydrogens is 450 g/mol. The van der Waals surface area contributed by atoms with Crippen molar-refractivity contribution in [3.8, 4) is 5.75 Å². The Hall–Kier alpha value is -2.79. The number of phenolic OH excluding ortho intramolecular Hbond substituents is 1. The third kappa shape index (κ3) is 9.30. The van der Waals surface area contributed by atoms with E-state index in [9.17, 15) is 29.5 Å². The average Bonchev–Trinajstić information content (AvgIpc) is 2.79. The summed E-state index contributed by atoms with van der Waals surface area (Å²) >= 11 is 1.45. The van der Waals surface area contributed by atoms with Crippen LogP contribution in [0.25, 0.3) is 0 Å². The maximum Gasteiger partial charge on any atom is 0.415 e. The summed E-state index contributed by atoms with van der Waals surface area (Å²) in [5, 5.41) is 22.3. The van der Waals surface area contributed by atoms with E-state index in [1.807, 2.05) is 6.92 Å². The zero-order valence-corrected chi connectivity index (χ0v) is 20.3. The molecule has 0 saturated heterocycles. The number of ether oxygens (including phenoxy) is 1. The minimum Gasteiger partial charge on any atom is -0.508 e. The molecule has 0 aliphatic rings. The number of thioether (sulfide) groups is 1. The van der Waals surface area contributed by atoms with Crippen LogP contribution in [0, 0.1) is 11.8 Å². The van der Waals surface area contributed by atoms with Gasteiger partial charge in [0, 0.05) is 37.7 Å². The molecule has 1 rings (SSSR count). The minimum atomic E-state index is -1.10. The van der Waals surface area contributed by atoms with Gasteiger partial charge in [0.15, 0.2) is 0 Å². The molecule has 4 amide bonds. The monoisotopic (exact) mass is 483 g/mol. The highest BCUT2D eigenvalue weighted by Gasteiger charge is 2.36. The van der Waals surface area contributed by atoms with Crippen LogP contribution in [0.1, 0.15) is 32.6 Å². The summed E-state index contributed by atoms with van der Waals surface area (Å²) in [5.41, 5.74) is 0. The number of nitrogens with zero attached hydrogens (tertiary/aromatic N) is 2. The summed E-state index contributed by atoms with van der Waals surface area (Å²) in [7, 11) is 3.66. The molecule has 0 fully saturated rings. The number of carbonyl (C=O) groups excluding carboxylic acids is 4. The topological polar surface area (TPSA) is 136 Å². The van der Waals surface area contributed by atoms with E-state index >= 15 is 0 Å². The van der Waals surface area contributed by atoms with Gasteiger partial charge in [-0.15, -0.1) is 11.8 Å². The molecule has 3 N–H and O–H groups in total. The summed E-state index contributed by atoms with van der Waals surface area (Å²) < 4.78 is 4.48. The van der Waals surface area contributed by atoms with Crippen LogP contribution in [-0.4, -0.2) is 77.6 Å². The Balaban J connectivity index is 2.78. The van der Waals surface area contributed by atoms with Crippen molar-refractivity contribution in [2.45, 2.75) is 37.5 Å². The molecule has 1 aromatic carbocycles. The summed E-state index contributed by atoms with van der Waals surface area (Å²) in [6, 6.07) is 6.63. The summed E-state index contributed by atoms with van der Waals surface area (Å²) in [4.78, 5) is 50.6. The quantitative estimate of drug-likeness (QED) is 0.136. The third-order valence-corrected chi connectivity index (χ3v) is 6.19. The molecule has 0 bridgehead atoms. The molecule has 0 radical (unpaired) electrons. The number of amides is 4. The Kier molecular flexibility index (Phi) is 12.3. The van der Waals surface area contributed by atoms with Gasteiger partial charge in [-0.05, 0) is 43.0 Å². The predicted molar refractivity (Wildman–Crippen MR) is 123 cm³/mol. The zero-order valence-electron chi connectivity index (χ0n) is 19.4. The molecule has 1 aromatic rings. The van der Waals surface area contributed by atoms with Gasteiger partial charge >= 0.3 is 6.09 Å². The van der Waals surface area contributed by atoms with Gasteiger partial charge in [-0.3, -0.25) is 24.5 Å². The largest absolute Gasteiger partial charge is 0.508 e. The molecule has 0 aliphatic carbocycles. The molecule has 0 aromatic heterocycles. The van der Waals surface area contributed by atoms with Gasteiger partial charge in [-0.25, -0.2) is 9.86 Å². The molecule has 10 nitrogen and oxygen atoms in total. The van der Waals surface area contributed by atoms with Gasteiger partial charge in [0.25, 0.3) is 5.91 Å². The van der Waals surface area contributed by atoms with Crippen molar-refractivity contribution in [2.24, 2.45) is 11.8 Å². The van der Waals surface area contributed by atoms with E-state index in [-0.39, 0.29) is 31.1 Å². The summed E-state index contributed by atoms with van der Waals surface area (Å²) in [6.07, 6.45) is 0.836. The first-order valence-corrected chi connectivity index (χ1v) is 11.6. The normalized spacial score (nSPS) is 12.4. The maximum absolute atomic E-state index is 12.9. The number of methoxy groups -OCH3 is 1. The van der Waals surface area contributed by atoms with Crippen LogP contribution >= 0.6 is 11.8 Å². The van der Waals surface area contributed by atoms with Crippen LogP contribution in [0.15, 0.2) is 29.2 Å². The molecule has 184 valence electrons. The SMILES string of the molecule is CCC[C@@H](CSc1ccc(O)cc1)[C@@H](C(=O)NCCCC(=O)N(C)C(=O)OC)C(=O)N(C)O. The molecule has 0 spiro atoms. The molecule has 0 saturated carbocycles. The van der Waals surface area contributed by atoms with Crippen LogP contribution in [-0.2, 0) is 19.1 Å². The van der Waals surface area contributed by atoms with E-state index in [1.165, 1.54) is 33.0 Å². The van der Waals surface area contributed by atoms with Gasteiger partial charge in [-0.2, -0.15) is 0 Å². The second kappa shape index (κ2) is 14.4. The fourth-order valence-electron chi connectivity index (χ4n) is 3.16. The molecule has 0 aliphatic heterocycles. The lowest BCUT2D eigenvalue weighted by Gasteiger charge is -2.26. The Labute approximate surface area is 198 Å². The number of rotatable bonds is 12. The van der Waals surface area contributed by atoms with E-state index in [0.717, 1.165) is 16.2 Å². The molecule has 0 unspecified atom stereocenters. The number of nitrogens with one attached hydrogen (secondary N) is 1. The van der Waals surface area contributed by atoms with E-state index in [1.54, 1.807) is 24.3 Å². The van der Waals surface area contributed by atoms with Crippen LogP contribution in [0.5, 0.6) is 5.75 Å². The first-order valence-electron chi connectivity index (χ1n) is 10.6. The summed E-state index contributed by atoms with van der Waals surface area (Å²) in [5.74, 6) is -2.53. The molecule has 0 heterocycles. The van der Waals surface area contributed by atoms with E-state index in [0.29, 0.717) is 17.2 Å². The lowest BCUT2D eigenvalue weighted by molar-refractivity contribution is -0.168. The Morgan fingerprint density at radius 2 is 1.79 bits per heavy atom. The second-order valence-electron chi connectivity index (χ2n) is 7.51. The van der Waals surface area contributed by atoms with Crippen LogP contribution in [0.2, 0.25) is 0 Å². The number of phenols is 1. The highest BCUT2D eigenvalue weighted by Crippen LogP contribution is 2.29. The summed E-state index contributed by atoms with van der Waals surface area (Å²) in [6.45, 7) is 2.08. The van der Waals surface area contributed by atoms with Crippen LogP contribution < -0.4 is 5.32 Å². The number of aromatic hydroxyl groups is 1. The van der Waals surface area contributed by atoms with Crippen molar-refractivity contribution < 1.29 is 34.2 Å². The highest BCUT2D eigenvalue weighted by molar-refractivity contribution is 7.99. The van der Waals surface area contributed by atoms with Crippen molar-refractivity contribution in [1.29, 1.82) is 0 Å². The number of hydrogen-bond acceptors (Lipinski definition) is 8. The van der Waals surface area contributed by atoms with Gasteiger partial charge < -0.3 is 15.2 Å². The number of hydroxylamine groups is 2. The van der Waals surface area contributed by atoms with Crippen molar-refractivity contribution in [3.63, 3.8) is 0 Å². The highest BCUT2D eigenvalue weighted by atomic mass is 32.2. The fourth-order valence-corrected chi connectivity index (χ4v) is 4.25. The molecule has 2 atom stereocenters. The number of benzene rings is 1. The lowest BCUT2D eigenvalue weighted by atomic mass is 9.88. The number of hydrogen-bond donors (Lipinski definition) is 3. The molecular formula is C22H33N3O7S. The van der Waals surface area contributed by atoms with E-state index in [4.69, 9.17) is 0 Å². The minimum absolute atomic E-state index is 0.0134. The Bertz CT molecular complexity index is 802. The Morgan fingerprint density at radius 1 is 1.15 bits per heavy atom. The lowest BCUT2D eigenvalue weighted by Crippen LogP contribution is -2.46. The van der Waals surface area contributed by atoms with Crippen LogP contribution in [0.4, 0.5) is 4.79 Å². The van der Waals surface area contributed by atoms with Gasteiger partial charge in [-0.1, -0.05) is 13.3 Å². The van der Waals surface area contributed by atoms with Crippen molar-refractivity contribution >= 4 is 35.6 Å². The first-order chi connectivity index (χ1) is 15.6.